The van der Waals surface area contributed by atoms with Gasteiger partial charge in [0.05, 0.1) is 29.2 Å². The van der Waals surface area contributed by atoms with Crippen molar-refractivity contribution in [2.75, 3.05) is 36.0 Å². The first-order valence-corrected chi connectivity index (χ1v) is 15.6. The molecule has 8 nitrogen and oxygen atoms in total. The quantitative estimate of drug-likeness (QED) is 0.357. The number of carbonyl (C=O) groups excluding carboxylic acids is 2. The van der Waals surface area contributed by atoms with Crippen LogP contribution in [0.15, 0.2) is 67.3 Å². The van der Waals surface area contributed by atoms with Gasteiger partial charge in [-0.15, -0.1) is 18.3 Å². The number of hydrogen-bond acceptors (Lipinski definition) is 6. The van der Waals surface area contributed by atoms with Crippen molar-refractivity contribution >= 4 is 40.9 Å². The maximum absolute atomic E-state index is 14.8. The highest BCUT2D eigenvalue weighted by Gasteiger charge is 2.78. The number of benzene rings is 2. The summed E-state index contributed by atoms with van der Waals surface area (Å²) in [5, 5.41) is 21.0. The van der Waals surface area contributed by atoms with Crippen molar-refractivity contribution in [3.8, 4) is 0 Å². The lowest BCUT2D eigenvalue weighted by Crippen LogP contribution is -2.58. The number of fused-ring (bicyclic) bond motifs is 1. The third-order valence-electron chi connectivity index (χ3n) is 9.50. The SMILES string of the molecule is C=CCN(C(=O)C1N([C@@H](CO)Cc2ccccc2)C(=O)[C@@H]2[C@H](C(=O)O)[C@]3(C)CCC12S3)c1ccc(N(CC)CC)cc1. The van der Waals surface area contributed by atoms with E-state index in [1.54, 1.807) is 15.9 Å². The van der Waals surface area contributed by atoms with Crippen LogP contribution in [0.5, 0.6) is 0 Å². The molecule has 0 aromatic heterocycles. The number of carbonyl (C=O) groups is 3. The van der Waals surface area contributed by atoms with Crippen LogP contribution in [0, 0.1) is 11.8 Å². The molecule has 9 heteroatoms. The molecule has 3 aliphatic heterocycles. The van der Waals surface area contributed by atoms with Crippen LogP contribution in [-0.4, -0.2) is 80.7 Å². The Labute approximate surface area is 252 Å². The highest BCUT2D eigenvalue weighted by molar-refractivity contribution is 8.02. The van der Waals surface area contributed by atoms with E-state index in [-0.39, 0.29) is 25.0 Å². The third-order valence-corrected chi connectivity index (χ3v) is 11.5. The Hall–Kier alpha value is -3.30. The fraction of sp³-hybridized carbons (Fsp3) is 0.485. The number of amides is 2. The molecule has 3 aliphatic rings. The topological polar surface area (TPSA) is 101 Å². The number of likely N-dealkylation sites (tertiary alicyclic amines) is 1. The van der Waals surface area contributed by atoms with Crippen molar-refractivity contribution < 1.29 is 24.6 Å². The van der Waals surface area contributed by atoms with Crippen LogP contribution in [0.1, 0.15) is 39.2 Å². The summed E-state index contributed by atoms with van der Waals surface area (Å²) in [5.41, 5.74) is 2.67. The Kier molecular flexibility index (Phi) is 8.45. The normalized spacial score (nSPS) is 28.4. The molecule has 0 saturated carbocycles. The number of carboxylic acid groups (broad SMARTS) is 1. The minimum Gasteiger partial charge on any atom is -0.481 e. The zero-order chi connectivity index (χ0) is 30.2. The van der Waals surface area contributed by atoms with Crippen LogP contribution >= 0.6 is 11.8 Å². The van der Waals surface area contributed by atoms with Gasteiger partial charge in [0.25, 0.3) is 5.91 Å². The molecule has 2 aromatic carbocycles. The highest BCUT2D eigenvalue weighted by atomic mass is 32.2. The Bertz CT molecular complexity index is 1330. The van der Waals surface area contributed by atoms with Gasteiger partial charge >= 0.3 is 5.97 Å². The second kappa shape index (κ2) is 11.8. The summed E-state index contributed by atoms with van der Waals surface area (Å²) in [7, 11) is 0. The Morgan fingerprint density at radius 3 is 2.31 bits per heavy atom. The smallest absolute Gasteiger partial charge is 0.308 e. The minimum absolute atomic E-state index is 0.232. The van der Waals surface area contributed by atoms with E-state index in [0.717, 1.165) is 24.3 Å². The molecule has 2 amide bonds. The maximum atomic E-state index is 14.8. The standard InChI is InChI=1S/C33H41N3O5S/c1-5-19-35(24-15-13-23(14-16-24)34(6-2)7-3)30(39)28-33-18-17-32(4,42-33)27(31(40)41)26(33)29(38)36(28)25(21-37)20-22-11-9-8-10-12-22/h5,8-16,25-28,37H,1,6-7,17-21H2,2-4H3,(H,40,41)/t25-,26+,27-,28?,32+,33?/m1/s1. The minimum atomic E-state index is -1.00. The Morgan fingerprint density at radius 2 is 1.74 bits per heavy atom. The molecule has 2 bridgehead atoms. The van der Waals surface area contributed by atoms with Gasteiger partial charge in [-0.1, -0.05) is 36.4 Å². The number of thioether (sulfide) groups is 1. The van der Waals surface area contributed by atoms with Crippen LogP contribution in [0.3, 0.4) is 0 Å². The van der Waals surface area contributed by atoms with Crippen molar-refractivity contribution in [3.05, 3.63) is 72.8 Å². The van der Waals surface area contributed by atoms with E-state index in [1.165, 1.54) is 11.8 Å². The van der Waals surface area contributed by atoms with E-state index in [4.69, 9.17) is 0 Å². The molecular weight excluding hydrogens is 550 g/mol. The molecular formula is C33H41N3O5S. The molecule has 0 aliphatic carbocycles. The van der Waals surface area contributed by atoms with Crippen molar-refractivity contribution in [1.29, 1.82) is 0 Å². The monoisotopic (exact) mass is 591 g/mol. The van der Waals surface area contributed by atoms with E-state index in [2.05, 4.69) is 25.3 Å². The molecule has 1 spiro atoms. The second-order valence-electron chi connectivity index (χ2n) is 11.8. The molecule has 2 unspecified atom stereocenters. The lowest BCUT2D eigenvalue weighted by Gasteiger charge is -2.39. The van der Waals surface area contributed by atoms with Crippen molar-refractivity contribution in [1.82, 2.24) is 4.90 Å². The average Bonchev–Trinajstić information content (AvgIpc) is 3.56. The van der Waals surface area contributed by atoms with E-state index in [0.29, 0.717) is 24.9 Å². The second-order valence-corrected chi connectivity index (χ2v) is 13.7. The number of aliphatic hydroxyl groups excluding tert-OH is 1. The van der Waals surface area contributed by atoms with Crippen LogP contribution in [0.2, 0.25) is 0 Å². The molecule has 2 aromatic rings. The van der Waals surface area contributed by atoms with Crippen LogP contribution in [0.25, 0.3) is 0 Å². The number of hydrogen-bond donors (Lipinski definition) is 2. The predicted molar refractivity (Wildman–Crippen MR) is 167 cm³/mol. The van der Waals surface area contributed by atoms with Crippen LogP contribution < -0.4 is 9.80 Å². The molecule has 2 N–H and O–H groups in total. The van der Waals surface area contributed by atoms with Gasteiger partial charge in [0.2, 0.25) is 5.91 Å². The molecule has 224 valence electrons. The lowest BCUT2D eigenvalue weighted by atomic mass is 9.66. The van der Waals surface area contributed by atoms with Crippen LogP contribution in [0.4, 0.5) is 11.4 Å². The highest BCUT2D eigenvalue weighted by Crippen LogP contribution is 2.71. The van der Waals surface area contributed by atoms with Crippen molar-refractivity contribution in [3.63, 3.8) is 0 Å². The zero-order valence-electron chi connectivity index (χ0n) is 24.6. The number of aliphatic hydroxyl groups is 1. The molecule has 3 saturated heterocycles. The molecule has 3 heterocycles. The summed E-state index contributed by atoms with van der Waals surface area (Å²) in [6.07, 6.45) is 3.20. The van der Waals surface area contributed by atoms with E-state index >= 15 is 0 Å². The average molecular weight is 592 g/mol. The molecule has 6 atom stereocenters. The molecule has 3 fully saturated rings. The number of rotatable bonds is 12. The number of aliphatic carboxylic acids is 1. The first-order chi connectivity index (χ1) is 20.2. The number of carboxylic acids is 1. The summed E-state index contributed by atoms with van der Waals surface area (Å²) < 4.78 is -1.53. The molecule has 5 rings (SSSR count). The predicted octanol–water partition coefficient (Wildman–Crippen LogP) is 4.22. The largest absolute Gasteiger partial charge is 0.481 e. The zero-order valence-corrected chi connectivity index (χ0v) is 25.4. The van der Waals surface area contributed by atoms with Gasteiger partial charge < -0.3 is 24.9 Å². The summed E-state index contributed by atoms with van der Waals surface area (Å²) in [5.74, 6) is -3.36. The first kappa shape index (κ1) is 30.2. The van der Waals surface area contributed by atoms with Gasteiger partial charge in [-0.25, -0.2) is 0 Å². The van der Waals surface area contributed by atoms with Gasteiger partial charge in [0, 0.05) is 35.8 Å². The van der Waals surface area contributed by atoms with Crippen molar-refractivity contribution in [2.45, 2.75) is 61.6 Å². The summed E-state index contributed by atoms with van der Waals surface area (Å²) >= 11 is 1.50. The summed E-state index contributed by atoms with van der Waals surface area (Å²) in [4.78, 5) is 47.3. The van der Waals surface area contributed by atoms with Gasteiger partial charge in [0.15, 0.2) is 0 Å². The Balaban J connectivity index is 1.59. The van der Waals surface area contributed by atoms with Gasteiger partial charge in [-0.3, -0.25) is 14.4 Å². The number of anilines is 2. The van der Waals surface area contributed by atoms with E-state index in [9.17, 15) is 24.6 Å². The van der Waals surface area contributed by atoms with E-state index < -0.39 is 39.4 Å². The van der Waals surface area contributed by atoms with E-state index in [1.807, 2.05) is 61.5 Å². The summed E-state index contributed by atoms with van der Waals surface area (Å²) in [6, 6.07) is 15.8. The lowest BCUT2D eigenvalue weighted by molar-refractivity contribution is -0.150. The summed E-state index contributed by atoms with van der Waals surface area (Å²) in [6.45, 7) is 11.6. The fourth-order valence-corrected chi connectivity index (χ4v) is 9.91. The van der Waals surface area contributed by atoms with Gasteiger partial charge in [-0.2, -0.15) is 0 Å². The Morgan fingerprint density at radius 1 is 1.10 bits per heavy atom. The molecule has 0 radical (unpaired) electrons. The maximum Gasteiger partial charge on any atom is 0.308 e. The first-order valence-electron chi connectivity index (χ1n) is 14.8. The van der Waals surface area contributed by atoms with Crippen molar-refractivity contribution in [2.24, 2.45) is 11.8 Å². The van der Waals surface area contributed by atoms with Gasteiger partial charge in [-0.05, 0) is 69.9 Å². The fourth-order valence-electron chi connectivity index (χ4n) is 7.58. The van der Waals surface area contributed by atoms with Crippen LogP contribution in [-0.2, 0) is 20.8 Å². The third kappa shape index (κ3) is 4.80. The molecule has 42 heavy (non-hydrogen) atoms. The number of nitrogens with zero attached hydrogens (tertiary/aromatic N) is 3. The van der Waals surface area contributed by atoms with Gasteiger partial charge in [0.1, 0.15) is 6.04 Å².